The van der Waals surface area contributed by atoms with E-state index in [4.69, 9.17) is 23.2 Å². The largest absolute Gasteiger partial charge is 0.278 e. The fourth-order valence-electron chi connectivity index (χ4n) is 1.89. The molecular formula is C14H13Cl2NO4S2. The number of hydrogen-bond acceptors (Lipinski definition) is 4. The maximum Gasteiger partial charge on any atom is 0.261 e. The molecule has 0 amide bonds. The molecule has 0 aliphatic carbocycles. The number of sulfone groups is 1. The Kier molecular flexibility index (Phi) is 4.96. The molecule has 0 aromatic heterocycles. The highest BCUT2D eigenvalue weighted by Crippen LogP contribution is 2.28. The van der Waals surface area contributed by atoms with Crippen LogP contribution in [-0.4, -0.2) is 23.1 Å². The summed E-state index contributed by atoms with van der Waals surface area (Å²) in [5, 5.41) is 0.644. The number of benzene rings is 2. The number of sulfonamides is 1. The molecule has 0 heterocycles. The van der Waals surface area contributed by atoms with Gasteiger partial charge >= 0.3 is 0 Å². The Bertz CT molecular complexity index is 970. The van der Waals surface area contributed by atoms with Crippen LogP contribution < -0.4 is 4.72 Å². The zero-order valence-electron chi connectivity index (χ0n) is 12.2. The van der Waals surface area contributed by atoms with Gasteiger partial charge in [-0.2, -0.15) is 0 Å². The normalized spacial score (nSPS) is 12.2. The molecule has 9 heteroatoms. The molecule has 0 fully saturated rings. The van der Waals surface area contributed by atoms with Gasteiger partial charge in [0.25, 0.3) is 10.0 Å². The van der Waals surface area contributed by atoms with E-state index >= 15 is 0 Å². The Hall–Kier alpha value is -1.28. The van der Waals surface area contributed by atoms with Gasteiger partial charge in [0.15, 0.2) is 9.84 Å². The van der Waals surface area contributed by atoms with Crippen LogP contribution in [0.3, 0.4) is 0 Å². The van der Waals surface area contributed by atoms with E-state index < -0.39 is 19.9 Å². The van der Waals surface area contributed by atoms with Crippen LogP contribution in [0, 0.1) is 6.92 Å². The van der Waals surface area contributed by atoms with Crippen LogP contribution in [0.2, 0.25) is 10.0 Å². The number of rotatable bonds is 4. The van der Waals surface area contributed by atoms with Crippen LogP contribution >= 0.6 is 23.2 Å². The molecule has 0 saturated carbocycles. The molecule has 2 aromatic carbocycles. The summed E-state index contributed by atoms with van der Waals surface area (Å²) < 4.78 is 50.8. The van der Waals surface area contributed by atoms with E-state index in [-0.39, 0.29) is 20.5 Å². The van der Waals surface area contributed by atoms with Crippen LogP contribution in [-0.2, 0) is 19.9 Å². The minimum Gasteiger partial charge on any atom is -0.278 e. The molecule has 0 aliphatic heterocycles. The van der Waals surface area contributed by atoms with Crippen molar-refractivity contribution in [1.29, 1.82) is 0 Å². The summed E-state index contributed by atoms with van der Waals surface area (Å²) in [6.07, 6.45) is 0.987. The monoisotopic (exact) mass is 393 g/mol. The quantitative estimate of drug-likeness (QED) is 0.861. The third-order valence-corrected chi connectivity index (χ3v) is 6.20. The maximum absolute atomic E-state index is 12.5. The Morgan fingerprint density at radius 2 is 1.61 bits per heavy atom. The Balaban J connectivity index is 2.53. The summed E-state index contributed by atoms with van der Waals surface area (Å²) in [5.41, 5.74) is 0.483. The fraction of sp³-hybridized carbons (Fsp3) is 0.143. The number of anilines is 1. The van der Waals surface area contributed by atoms with Gasteiger partial charge in [0.05, 0.1) is 15.5 Å². The minimum atomic E-state index is -3.98. The second-order valence-corrected chi connectivity index (χ2v) is 9.44. The van der Waals surface area contributed by atoms with Crippen molar-refractivity contribution in [3.05, 3.63) is 52.0 Å². The van der Waals surface area contributed by atoms with Crippen LogP contribution in [0.15, 0.2) is 46.2 Å². The lowest BCUT2D eigenvalue weighted by atomic mass is 10.2. The lowest BCUT2D eigenvalue weighted by Gasteiger charge is -2.13. The number of nitrogens with one attached hydrogen (secondary N) is 1. The fourth-order valence-corrected chi connectivity index (χ4v) is 4.23. The number of aryl methyl sites for hydroxylation is 1. The predicted molar refractivity (Wildman–Crippen MR) is 91.6 cm³/mol. The Morgan fingerprint density at radius 3 is 2.17 bits per heavy atom. The molecule has 0 radical (unpaired) electrons. The van der Waals surface area contributed by atoms with Gasteiger partial charge in [-0.1, -0.05) is 23.2 Å². The van der Waals surface area contributed by atoms with Gasteiger partial charge in [0.2, 0.25) is 0 Å². The summed E-state index contributed by atoms with van der Waals surface area (Å²) in [7, 11) is -7.61. The summed E-state index contributed by atoms with van der Waals surface area (Å²) in [6.45, 7) is 1.67. The SMILES string of the molecule is Cc1cc(S(=O)(=O)Nc2cc(Cl)ccc2S(C)(=O)=O)ccc1Cl. The van der Waals surface area contributed by atoms with Crippen molar-refractivity contribution in [2.24, 2.45) is 0 Å². The van der Waals surface area contributed by atoms with Gasteiger partial charge in [-0.05, 0) is 48.9 Å². The minimum absolute atomic E-state index is 0.0289. The highest BCUT2D eigenvalue weighted by atomic mass is 35.5. The van der Waals surface area contributed by atoms with Crippen molar-refractivity contribution in [3.8, 4) is 0 Å². The molecule has 0 aliphatic rings. The van der Waals surface area contributed by atoms with Crippen molar-refractivity contribution in [1.82, 2.24) is 0 Å². The highest BCUT2D eigenvalue weighted by Gasteiger charge is 2.20. The molecule has 2 rings (SSSR count). The van der Waals surface area contributed by atoms with Crippen LogP contribution in [0.4, 0.5) is 5.69 Å². The molecule has 124 valence electrons. The lowest BCUT2D eigenvalue weighted by molar-refractivity contribution is 0.601. The van der Waals surface area contributed by atoms with Gasteiger partial charge in [-0.15, -0.1) is 0 Å². The lowest BCUT2D eigenvalue weighted by Crippen LogP contribution is -2.15. The van der Waals surface area contributed by atoms with Gasteiger partial charge in [0, 0.05) is 16.3 Å². The molecule has 0 spiro atoms. The van der Waals surface area contributed by atoms with Crippen molar-refractivity contribution in [3.63, 3.8) is 0 Å². The molecule has 5 nitrogen and oxygen atoms in total. The predicted octanol–water partition coefficient (Wildman–Crippen LogP) is 3.51. The second kappa shape index (κ2) is 6.32. The average Bonchev–Trinajstić information content (AvgIpc) is 2.39. The third kappa shape index (κ3) is 4.17. The topological polar surface area (TPSA) is 80.3 Å². The number of halogens is 2. The summed E-state index contributed by atoms with van der Waals surface area (Å²) in [6, 6.07) is 8.07. The Morgan fingerprint density at radius 1 is 0.957 bits per heavy atom. The first-order chi connectivity index (χ1) is 10.5. The van der Waals surface area contributed by atoms with Crippen molar-refractivity contribution in [2.45, 2.75) is 16.7 Å². The molecule has 0 saturated heterocycles. The Labute approximate surface area is 145 Å². The van der Waals surface area contributed by atoms with Crippen molar-refractivity contribution < 1.29 is 16.8 Å². The van der Waals surface area contributed by atoms with Crippen LogP contribution in [0.1, 0.15) is 5.56 Å². The van der Waals surface area contributed by atoms with Crippen LogP contribution in [0.25, 0.3) is 0 Å². The smallest absolute Gasteiger partial charge is 0.261 e. The van der Waals surface area contributed by atoms with E-state index in [1.165, 1.54) is 36.4 Å². The highest BCUT2D eigenvalue weighted by molar-refractivity contribution is 7.93. The maximum atomic E-state index is 12.5. The van der Waals surface area contributed by atoms with E-state index in [0.29, 0.717) is 10.6 Å². The summed E-state index contributed by atoms with van der Waals surface area (Å²) in [4.78, 5) is -0.185. The van der Waals surface area contributed by atoms with E-state index in [1.807, 2.05) is 0 Å². The first kappa shape index (κ1) is 18.1. The molecule has 0 unspecified atom stereocenters. The van der Waals surface area contributed by atoms with E-state index in [1.54, 1.807) is 6.92 Å². The molecule has 23 heavy (non-hydrogen) atoms. The summed E-state index contributed by atoms with van der Waals surface area (Å²) in [5.74, 6) is 0. The van der Waals surface area contributed by atoms with E-state index in [9.17, 15) is 16.8 Å². The average molecular weight is 394 g/mol. The van der Waals surface area contributed by atoms with Gasteiger partial charge < -0.3 is 0 Å². The molecule has 1 N–H and O–H groups in total. The van der Waals surface area contributed by atoms with Gasteiger partial charge in [0.1, 0.15) is 0 Å². The van der Waals surface area contributed by atoms with E-state index in [2.05, 4.69) is 4.72 Å². The van der Waals surface area contributed by atoms with Crippen molar-refractivity contribution >= 4 is 48.7 Å². The molecular weight excluding hydrogens is 381 g/mol. The molecule has 0 atom stereocenters. The first-order valence-corrected chi connectivity index (χ1v) is 10.4. The zero-order chi connectivity index (χ0) is 17.4. The van der Waals surface area contributed by atoms with Gasteiger partial charge in [-0.3, -0.25) is 4.72 Å². The molecule has 0 bridgehead atoms. The summed E-state index contributed by atoms with van der Waals surface area (Å²) >= 11 is 11.7. The van der Waals surface area contributed by atoms with Crippen molar-refractivity contribution in [2.75, 3.05) is 11.0 Å². The first-order valence-electron chi connectivity index (χ1n) is 6.29. The molecule has 2 aromatic rings. The third-order valence-electron chi connectivity index (χ3n) is 3.03. The number of hydrogen-bond donors (Lipinski definition) is 1. The van der Waals surface area contributed by atoms with Gasteiger partial charge in [-0.25, -0.2) is 16.8 Å². The standard InChI is InChI=1S/C14H13Cl2NO4S2/c1-9-7-11(4-5-12(9)16)23(20,21)17-13-8-10(15)3-6-14(13)22(2,18)19/h3-8,17H,1-2H3. The second-order valence-electron chi connectivity index (χ2n) is 4.93. The van der Waals surface area contributed by atoms with E-state index in [0.717, 1.165) is 6.26 Å². The zero-order valence-corrected chi connectivity index (χ0v) is 15.3. The van der Waals surface area contributed by atoms with Crippen LogP contribution in [0.5, 0.6) is 0 Å².